The van der Waals surface area contributed by atoms with Gasteiger partial charge in [-0.25, -0.2) is 18.7 Å². The number of aryl methyl sites for hydroxylation is 3. The first-order valence-corrected chi connectivity index (χ1v) is 45.7. The van der Waals surface area contributed by atoms with E-state index in [-0.39, 0.29) is 137 Å². The van der Waals surface area contributed by atoms with E-state index in [9.17, 15) is 28.8 Å². The fourth-order valence-electron chi connectivity index (χ4n) is 14.7. The first kappa shape index (κ1) is 128. The van der Waals surface area contributed by atoms with Crippen LogP contribution in [0.15, 0.2) is 170 Å². The van der Waals surface area contributed by atoms with Crippen LogP contribution in [0.4, 0.5) is 17.1 Å². The average Bonchev–Trinajstić information content (AvgIpc) is 0.840. The van der Waals surface area contributed by atoms with Gasteiger partial charge in [-0.2, -0.15) is 0 Å². The number of unbranched alkanes of at least 4 members (excludes halogenated alkanes) is 27. The highest BCUT2D eigenvalue weighted by Gasteiger charge is 2.26. The number of anilines is 1. The summed E-state index contributed by atoms with van der Waals surface area (Å²) in [5.41, 5.74) is 10.0. The molecule has 2 heterocycles. The minimum absolute atomic E-state index is 0. The molecule has 22 heteroatoms. The molecule has 0 aliphatic heterocycles. The van der Waals surface area contributed by atoms with Crippen molar-refractivity contribution in [3.05, 3.63) is 187 Å². The zero-order chi connectivity index (χ0) is 87.6. The number of nitrogens with one attached hydrogen (secondary N) is 2. The second-order valence-corrected chi connectivity index (χ2v) is 35.0. The molecular formula is C102H168Br6N8O8. The van der Waals surface area contributed by atoms with Crippen LogP contribution in [-0.4, -0.2) is 151 Å². The van der Waals surface area contributed by atoms with Crippen molar-refractivity contribution in [3.8, 4) is 0 Å². The Hall–Kier alpha value is -4.88. The molecule has 0 fully saturated rings. The van der Waals surface area contributed by atoms with Gasteiger partial charge in [0.25, 0.3) is 5.91 Å². The third-order valence-electron chi connectivity index (χ3n) is 23.8. The van der Waals surface area contributed by atoms with Crippen LogP contribution in [0.1, 0.15) is 285 Å². The number of esters is 2. The minimum Gasteiger partial charge on any atom is -1.00 e. The Morgan fingerprint density at radius 1 is 0.331 bits per heavy atom. The van der Waals surface area contributed by atoms with Crippen molar-refractivity contribution in [3.63, 3.8) is 0 Å². The van der Waals surface area contributed by atoms with Crippen molar-refractivity contribution >= 4 is 52.4 Å². The maximum absolute atomic E-state index is 11.9. The summed E-state index contributed by atoms with van der Waals surface area (Å²) in [6.07, 6.45) is 49.4. The average molecular weight is 2110 g/mol. The summed E-state index contributed by atoms with van der Waals surface area (Å²) >= 11 is 0. The molecule has 0 saturated carbocycles. The Bertz CT molecular complexity index is 3380. The van der Waals surface area contributed by atoms with Crippen LogP contribution in [0.5, 0.6) is 0 Å². The fraction of sp³-hybridized carbons (Fsp3) is 0.608. The summed E-state index contributed by atoms with van der Waals surface area (Å²) in [5.74, 6) is -0.507. The van der Waals surface area contributed by atoms with Gasteiger partial charge in [0.05, 0.1) is 80.5 Å². The number of rotatable bonds is 65. The molecular weight excluding hydrogens is 1940 g/mol. The van der Waals surface area contributed by atoms with Gasteiger partial charge in [-0.3, -0.25) is 28.1 Å². The number of allylic oxidation sites excluding steroid dienone is 2. The van der Waals surface area contributed by atoms with Gasteiger partial charge in [-0.15, -0.1) is 0 Å². The first-order chi connectivity index (χ1) is 56.3. The van der Waals surface area contributed by atoms with Crippen LogP contribution in [0.3, 0.4) is 0 Å². The van der Waals surface area contributed by atoms with E-state index in [4.69, 9.17) is 9.47 Å². The van der Waals surface area contributed by atoms with E-state index in [1.54, 1.807) is 41.5 Å². The summed E-state index contributed by atoms with van der Waals surface area (Å²) in [5, 5.41) is 5.74. The van der Waals surface area contributed by atoms with Crippen LogP contribution >= 0.6 is 0 Å². The van der Waals surface area contributed by atoms with E-state index in [0.717, 1.165) is 107 Å². The van der Waals surface area contributed by atoms with Crippen LogP contribution in [0.2, 0.25) is 0 Å². The zero-order valence-corrected chi connectivity index (χ0v) is 89.2. The number of nitrogens with zero attached hydrogens (tertiary/aromatic N) is 6. The second-order valence-electron chi connectivity index (χ2n) is 35.0. The number of halogens is 6. The van der Waals surface area contributed by atoms with Crippen LogP contribution in [0.25, 0.3) is 0 Å². The quantitative estimate of drug-likeness (QED) is 0.0224. The summed E-state index contributed by atoms with van der Waals surface area (Å²) in [7, 11) is 9.06. The molecule has 0 atom stereocenters. The number of amides is 2. The molecule has 2 N–H and O–H groups in total. The molecule has 0 unspecified atom stereocenters. The Labute approximate surface area is 818 Å². The monoisotopic (exact) mass is 2110 g/mol. The summed E-state index contributed by atoms with van der Waals surface area (Å²) in [6.45, 7) is 55.8. The van der Waals surface area contributed by atoms with E-state index < -0.39 is 0 Å². The highest BCUT2D eigenvalue weighted by atomic mass is 79.9. The number of ketones is 2. The number of Topliss-reactive ketones (excluding diaryl/α,β-unsaturated/α-hetero) is 2. The molecule has 0 radical (unpaired) electrons. The molecule has 4 rings (SSSR count). The van der Waals surface area contributed by atoms with Gasteiger partial charge in [0.15, 0.2) is 36.4 Å². The molecule has 2 aromatic carbocycles. The van der Waals surface area contributed by atoms with Crippen LogP contribution in [-0.2, 0) is 70.7 Å². The number of pyridine rings is 2. The van der Waals surface area contributed by atoms with Gasteiger partial charge in [0.1, 0.15) is 50.8 Å². The smallest absolute Gasteiger partial charge is 0.333 e. The lowest BCUT2D eigenvalue weighted by atomic mass is 10.0. The van der Waals surface area contributed by atoms with Crippen molar-refractivity contribution in [1.29, 1.82) is 0 Å². The zero-order valence-electron chi connectivity index (χ0n) is 79.6. The molecule has 16 nitrogen and oxygen atoms in total. The molecule has 0 aliphatic rings. The first-order valence-electron chi connectivity index (χ1n) is 45.7. The van der Waals surface area contributed by atoms with Crippen molar-refractivity contribution in [2.75, 3.05) is 112 Å². The predicted molar refractivity (Wildman–Crippen MR) is 497 cm³/mol. The molecule has 706 valence electrons. The predicted octanol–water partition coefficient (Wildman–Crippen LogP) is 3.62. The number of quaternary nitrogens is 4. The largest absolute Gasteiger partial charge is 1.00 e. The highest BCUT2D eigenvalue weighted by molar-refractivity contribution is 6.03. The molecule has 2 aromatic heterocycles. The molecule has 0 spiro atoms. The van der Waals surface area contributed by atoms with Gasteiger partial charge < -0.3 is 131 Å². The number of ether oxygens (including phenoxy) is 2. The third kappa shape index (κ3) is 58.6. The number of likely N-dealkylation sites (N-methyl/N-ethyl adjacent to an activating group) is 2. The Morgan fingerprint density at radius 3 is 0.935 bits per heavy atom. The number of carbonyl (C=O) groups excluding carboxylic acids is 6. The molecule has 124 heavy (non-hydrogen) atoms. The van der Waals surface area contributed by atoms with Crippen LogP contribution < -0.4 is 131 Å². The molecule has 0 bridgehead atoms. The van der Waals surface area contributed by atoms with Gasteiger partial charge in [0.2, 0.25) is 5.91 Å². The van der Waals surface area contributed by atoms with E-state index in [2.05, 4.69) is 201 Å². The summed E-state index contributed by atoms with van der Waals surface area (Å²) < 4.78 is 19.0. The Balaban J connectivity index is -0.000000559. The lowest BCUT2D eigenvalue weighted by Crippen LogP contribution is -3.00. The lowest BCUT2D eigenvalue weighted by Gasteiger charge is -2.36. The number of benzene rings is 2. The number of hydrogen-bond donors (Lipinski definition) is 2. The highest BCUT2D eigenvalue weighted by Crippen LogP contribution is 2.26. The fourth-order valence-corrected chi connectivity index (χ4v) is 14.7. The van der Waals surface area contributed by atoms with Gasteiger partial charge in [-0.05, 0) is 192 Å². The van der Waals surface area contributed by atoms with Crippen molar-refractivity contribution in [2.45, 2.75) is 301 Å². The van der Waals surface area contributed by atoms with Crippen molar-refractivity contribution in [1.82, 2.24) is 14.3 Å². The minimum atomic E-state index is -0.275. The number of aromatic nitrogens is 2. The van der Waals surface area contributed by atoms with Crippen molar-refractivity contribution < 1.29 is 158 Å². The molecule has 0 saturated heterocycles. The van der Waals surface area contributed by atoms with E-state index >= 15 is 0 Å². The Kier molecular flexibility index (Phi) is 77.0. The maximum atomic E-state index is 11.9. The van der Waals surface area contributed by atoms with Crippen LogP contribution in [0, 0.1) is 0 Å². The van der Waals surface area contributed by atoms with Gasteiger partial charge in [-0.1, -0.05) is 167 Å². The SMILES string of the molecule is C=C(C)C(=O)CCc1cc[n+](CCCCCCCCCCCC[n+]2ccc(CNC(=O)C(=C)C)cc2)cc1.C=C(C)C(=O)Cc1ccc([N+](C)(C)CCCCCCCCCCCC[N+](C)(C)c2ccc(NC(=O)C(=C)C)cc2)cc1.C=C(C)C(=O)OCC[N+](CC)(CC)CCCCCCCCCCCC[N+](CC)(CC)CCOC(=O)C(=C)C.[Br-].[Br-].[Br-].[Br-].[Br-].[Br-]. The van der Waals surface area contributed by atoms with E-state index in [1.807, 2.05) is 12.1 Å². The van der Waals surface area contributed by atoms with Gasteiger partial charge >= 0.3 is 11.9 Å². The van der Waals surface area contributed by atoms with E-state index in [1.165, 1.54) is 223 Å². The van der Waals surface area contributed by atoms with Crippen molar-refractivity contribution in [2.24, 2.45) is 0 Å². The second kappa shape index (κ2) is 74.9. The standard InChI is InChI=1S/C37H56N3O2.C33H48N3O2.C32H62N2O4.6BrH/c1-30(2)36(41)29-32-19-23-34(24-20-32)39(5,6)27-17-15-13-11-9-10-12-14-16-18-28-40(7,8)35-25-21-33(22-26-35)38-37(42)31(3)4;1-28(2)32(37)16-15-30-17-23-35(24-18-30)21-13-11-9-7-5-6-8-10-12-14-22-36-25-19-31(20-26-36)27-34-33(38)29(3)4;1-9-33(10-2,25-27-37-31(35)29(5)6)23-21-19-17-15-13-14-16-18-20-22-24-34(11-3,12-4)26-28-38-32(36)30(7)8;;;;;;/h19-26H,1,3,9-18,27-29H2,2,4-8H3;17-20,23-26H,1,3,5-16,21-22,27H2,2,4H3;5,7,9-28H2,1-4,6,8H3;6*1H/q2*+1;+2;;;;;;/p-4. The normalized spacial score (nSPS) is 10.9. The van der Waals surface area contributed by atoms with Gasteiger partial charge in [0, 0.05) is 96.6 Å². The third-order valence-corrected chi connectivity index (χ3v) is 23.8. The summed E-state index contributed by atoms with van der Waals surface area (Å²) in [6, 6.07) is 25.1. The number of hydrogen-bond acceptors (Lipinski definition) is 8. The summed E-state index contributed by atoms with van der Waals surface area (Å²) in [4.78, 5) is 70.3. The van der Waals surface area contributed by atoms with E-state index in [0.29, 0.717) is 66.0 Å². The number of carbonyl (C=O) groups is 6. The maximum Gasteiger partial charge on any atom is 0.333 e. The lowest BCUT2D eigenvalue weighted by molar-refractivity contribution is -0.925. The Morgan fingerprint density at radius 2 is 0.629 bits per heavy atom. The topological polar surface area (TPSA) is 153 Å². The molecule has 0 aliphatic carbocycles. The molecule has 2 amide bonds. The molecule has 4 aromatic rings.